The number of carbonyl (C=O) groups excluding carboxylic acids is 2. The highest BCUT2D eigenvalue weighted by Gasteiger charge is 2.33. The average molecular weight is 422 g/mol. The zero-order valence-electron chi connectivity index (χ0n) is 15.4. The van der Waals surface area contributed by atoms with Crippen LogP contribution in [0.1, 0.15) is 26.5 Å². The molecule has 3 rings (SSSR count). The van der Waals surface area contributed by atoms with Crippen LogP contribution in [0.4, 0.5) is 5.69 Å². The maximum Gasteiger partial charge on any atom is 0.284 e. The van der Waals surface area contributed by atoms with Gasteiger partial charge in [-0.1, -0.05) is 0 Å². The summed E-state index contributed by atoms with van der Waals surface area (Å²) in [7, 11) is -3.96. The summed E-state index contributed by atoms with van der Waals surface area (Å²) < 4.78 is 31.4. The van der Waals surface area contributed by atoms with E-state index < -0.39 is 25.9 Å². The first-order chi connectivity index (χ1) is 13.6. The summed E-state index contributed by atoms with van der Waals surface area (Å²) >= 11 is 0. The summed E-state index contributed by atoms with van der Waals surface area (Å²) in [4.78, 5) is 35.6. The predicted octanol–water partition coefficient (Wildman–Crippen LogP) is 0.742. The minimum Gasteiger partial charge on any atom is -0.438 e. The van der Waals surface area contributed by atoms with Gasteiger partial charge in [-0.25, -0.2) is 8.42 Å². The number of furan rings is 1. The molecular formula is C17H18N4O7S. The molecule has 1 aromatic carbocycles. The van der Waals surface area contributed by atoms with Gasteiger partial charge in [0.1, 0.15) is 0 Å². The molecule has 2 aromatic rings. The SMILES string of the molecule is Cc1cc(C(=O)N2CCN(S(=O)(=O)c3ccc(C(N)=O)o3)CC2)ccc1[N+](=O)[O-]. The Labute approximate surface area is 165 Å². The third kappa shape index (κ3) is 3.98. The number of hydrogen-bond acceptors (Lipinski definition) is 7. The van der Waals surface area contributed by atoms with Crippen molar-refractivity contribution >= 4 is 27.5 Å². The second kappa shape index (κ2) is 7.64. The van der Waals surface area contributed by atoms with Crippen molar-refractivity contribution in [2.24, 2.45) is 5.73 Å². The summed E-state index contributed by atoms with van der Waals surface area (Å²) in [5, 5.41) is 10.5. The van der Waals surface area contributed by atoms with Crippen molar-refractivity contribution in [3.63, 3.8) is 0 Å². The van der Waals surface area contributed by atoms with E-state index in [0.29, 0.717) is 11.1 Å². The number of nitrogens with two attached hydrogens (primary N) is 1. The molecule has 2 amide bonds. The molecule has 11 nitrogen and oxygen atoms in total. The van der Waals surface area contributed by atoms with Crippen LogP contribution in [0.15, 0.2) is 39.8 Å². The van der Waals surface area contributed by atoms with Gasteiger partial charge in [0, 0.05) is 43.4 Å². The van der Waals surface area contributed by atoms with E-state index in [-0.39, 0.29) is 43.5 Å². The first-order valence-corrected chi connectivity index (χ1v) is 9.99. The summed E-state index contributed by atoms with van der Waals surface area (Å²) in [5.74, 6) is -1.47. The van der Waals surface area contributed by atoms with Crippen molar-refractivity contribution in [2.75, 3.05) is 26.2 Å². The van der Waals surface area contributed by atoms with Gasteiger partial charge in [0.25, 0.3) is 27.5 Å². The van der Waals surface area contributed by atoms with Gasteiger partial charge in [-0.3, -0.25) is 19.7 Å². The number of benzene rings is 1. The van der Waals surface area contributed by atoms with Gasteiger partial charge in [0.2, 0.25) is 5.09 Å². The number of amides is 2. The molecule has 0 unspecified atom stereocenters. The fourth-order valence-corrected chi connectivity index (χ4v) is 4.36. The molecule has 0 atom stereocenters. The Kier molecular flexibility index (Phi) is 5.40. The van der Waals surface area contributed by atoms with Crippen LogP contribution in [0, 0.1) is 17.0 Å². The standard InChI is InChI=1S/C17H18N4O7S/c1-11-10-12(2-3-13(11)21(24)25)17(23)19-6-8-20(9-7-19)29(26,27)15-5-4-14(28-15)16(18)22/h2-5,10H,6-9H2,1H3,(H2,18,22). The lowest BCUT2D eigenvalue weighted by Crippen LogP contribution is -2.50. The van der Waals surface area contributed by atoms with E-state index in [1.807, 2.05) is 0 Å². The van der Waals surface area contributed by atoms with E-state index >= 15 is 0 Å². The predicted molar refractivity (Wildman–Crippen MR) is 99.7 cm³/mol. The third-order valence-electron chi connectivity index (χ3n) is 4.58. The number of nitro groups is 1. The maximum atomic E-state index is 12.7. The second-order valence-electron chi connectivity index (χ2n) is 6.44. The Bertz CT molecular complexity index is 1080. The summed E-state index contributed by atoms with van der Waals surface area (Å²) in [6.07, 6.45) is 0. The number of nitro benzene ring substituents is 1. The number of rotatable bonds is 5. The molecule has 0 spiro atoms. The number of sulfonamides is 1. The topological polar surface area (TPSA) is 157 Å². The van der Waals surface area contributed by atoms with Gasteiger partial charge in [-0.05, 0) is 31.2 Å². The maximum absolute atomic E-state index is 12.7. The van der Waals surface area contributed by atoms with Gasteiger partial charge < -0.3 is 15.1 Å². The van der Waals surface area contributed by atoms with Gasteiger partial charge in [0.05, 0.1) is 4.92 Å². The van der Waals surface area contributed by atoms with Crippen LogP contribution in [-0.4, -0.2) is 60.5 Å². The zero-order chi connectivity index (χ0) is 21.3. The van der Waals surface area contributed by atoms with Crippen molar-refractivity contribution in [3.8, 4) is 0 Å². The van der Waals surface area contributed by atoms with Gasteiger partial charge in [-0.15, -0.1) is 0 Å². The number of nitrogens with zero attached hydrogens (tertiary/aromatic N) is 3. The highest BCUT2D eigenvalue weighted by atomic mass is 32.2. The lowest BCUT2D eigenvalue weighted by Gasteiger charge is -2.33. The summed E-state index contributed by atoms with van der Waals surface area (Å²) in [6, 6.07) is 6.44. The normalized spacial score (nSPS) is 15.3. The van der Waals surface area contributed by atoms with E-state index in [1.165, 1.54) is 29.2 Å². The van der Waals surface area contributed by atoms with Gasteiger partial charge >= 0.3 is 0 Å². The molecule has 1 aliphatic rings. The first-order valence-electron chi connectivity index (χ1n) is 8.55. The largest absolute Gasteiger partial charge is 0.438 e. The minimum atomic E-state index is -3.96. The molecular weight excluding hydrogens is 404 g/mol. The van der Waals surface area contributed by atoms with Crippen LogP contribution in [0.2, 0.25) is 0 Å². The Balaban J connectivity index is 1.69. The molecule has 12 heteroatoms. The number of aryl methyl sites for hydroxylation is 1. The van der Waals surface area contributed by atoms with E-state index in [4.69, 9.17) is 10.2 Å². The third-order valence-corrected chi connectivity index (χ3v) is 6.36. The lowest BCUT2D eigenvalue weighted by atomic mass is 10.1. The molecule has 1 fully saturated rings. The van der Waals surface area contributed by atoms with Gasteiger partial charge in [-0.2, -0.15) is 4.31 Å². The number of primary amides is 1. The van der Waals surface area contributed by atoms with E-state index in [0.717, 1.165) is 10.4 Å². The summed E-state index contributed by atoms with van der Waals surface area (Å²) in [5.41, 5.74) is 5.65. The van der Waals surface area contributed by atoms with E-state index in [2.05, 4.69) is 0 Å². The van der Waals surface area contributed by atoms with E-state index in [1.54, 1.807) is 6.92 Å². The molecule has 0 aliphatic carbocycles. The van der Waals surface area contributed by atoms with Crippen molar-refractivity contribution in [3.05, 3.63) is 57.3 Å². The molecule has 2 heterocycles. The molecule has 0 bridgehead atoms. The van der Waals surface area contributed by atoms with Crippen LogP contribution < -0.4 is 5.73 Å². The quantitative estimate of drug-likeness (QED) is 0.550. The Morgan fingerprint density at radius 1 is 1.14 bits per heavy atom. The average Bonchev–Trinajstić information content (AvgIpc) is 3.18. The summed E-state index contributed by atoms with van der Waals surface area (Å²) in [6.45, 7) is 1.89. The fraction of sp³-hybridized carbons (Fsp3) is 0.294. The first kappa shape index (κ1) is 20.5. The molecule has 1 aliphatic heterocycles. The molecule has 2 N–H and O–H groups in total. The smallest absolute Gasteiger partial charge is 0.284 e. The van der Waals surface area contributed by atoms with Crippen molar-refractivity contribution in [2.45, 2.75) is 12.0 Å². The molecule has 29 heavy (non-hydrogen) atoms. The molecule has 1 saturated heterocycles. The monoisotopic (exact) mass is 422 g/mol. The van der Waals surface area contributed by atoms with E-state index in [9.17, 15) is 28.1 Å². The zero-order valence-corrected chi connectivity index (χ0v) is 16.2. The van der Waals surface area contributed by atoms with Crippen molar-refractivity contribution in [1.82, 2.24) is 9.21 Å². The Morgan fingerprint density at radius 3 is 2.31 bits per heavy atom. The molecule has 1 aromatic heterocycles. The van der Waals surface area contributed by atoms with Gasteiger partial charge in [0.15, 0.2) is 5.76 Å². The van der Waals surface area contributed by atoms with Crippen molar-refractivity contribution in [1.29, 1.82) is 0 Å². The highest BCUT2D eigenvalue weighted by Crippen LogP contribution is 2.22. The van der Waals surface area contributed by atoms with Crippen molar-refractivity contribution < 1.29 is 27.3 Å². The number of hydrogen-bond donors (Lipinski definition) is 1. The molecule has 0 saturated carbocycles. The van der Waals surface area contributed by atoms with Crippen LogP contribution in [0.25, 0.3) is 0 Å². The molecule has 154 valence electrons. The van der Waals surface area contributed by atoms with Crippen LogP contribution in [-0.2, 0) is 10.0 Å². The second-order valence-corrected chi connectivity index (χ2v) is 8.31. The lowest BCUT2D eigenvalue weighted by molar-refractivity contribution is -0.385. The highest BCUT2D eigenvalue weighted by molar-refractivity contribution is 7.89. The fourth-order valence-electron chi connectivity index (χ4n) is 3.03. The number of piperazine rings is 1. The Morgan fingerprint density at radius 2 is 1.79 bits per heavy atom. The minimum absolute atomic E-state index is 0.0344. The van der Waals surface area contributed by atoms with Crippen LogP contribution in [0.5, 0.6) is 0 Å². The van der Waals surface area contributed by atoms with Crippen LogP contribution in [0.3, 0.4) is 0 Å². The van der Waals surface area contributed by atoms with Crippen LogP contribution >= 0.6 is 0 Å². The molecule has 0 radical (unpaired) electrons. The number of carbonyl (C=O) groups is 2. The Hall–Kier alpha value is -3.25.